The molecule has 3 heteroatoms. The van der Waals surface area contributed by atoms with Crippen molar-refractivity contribution in [3.63, 3.8) is 0 Å². The van der Waals surface area contributed by atoms with Gasteiger partial charge >= 0.3 is 0 Å². The van der Waals surface area contributed by atoms with E-state index in [9.17, 15) is 0 Å². The molecule has 2 nitrogen and oxygen atoms in total. The van der Waals surface area contributed by atoms with Crippen LogP contribution in [0.1, 0.15) is 22.3 Å². The van der Waals surface area contributed by atoms with E-state index in [0.29, 0.717) is 0 Å². The van der Waals surface area contributed by atoms with Crippen LogP contribution in [0.25, 0.3) is 53.6 Å². The lowest BCUT2D eigenvalue weighted by molar-refractivity contribution is 0.436. The number of hydrogen-bond donors (Lipinski definition) is 0. The predicted molar refractivity (Wildman–Crippen MR) is 242 cm³/mol. The molecular formula is C55H35NOS. The second-order valence-electron chi connectivity index (χ2n) is 15.2. The smallest absolute Gasteiger partial charge is 0.132 e. The summed E-state index contributed by atoms with van der Waals surface area (Å²) in [7, 11) is 0. The van der Waals surface area contributed by atoms with Crippen LogP contribution in [0.5, 0.6) is 11.5 Å². The molecule has 12 rings (SSSR count). The number of hydrogen-bond acceptors (Lipinski definition) is 3. The molecule has 1 aromatic heterocycles. The van der Waals surface area contributed by atoms with Gasteiger partial charge in [-0.15, -0.1) is 11.3 Å². The van der Waals surface area contributed by atoms with Gasteiger partial charge in [-0.1, -0.05) is 152 Å². The van der Waals surface area contributed by atoms with Crippen LogP contribution in [-0.2, 0) is 5.41 Å². The fourth-order valence-corrected chi connectivity index (χ4v) is 10.8. The van der Waals surface area contributed by atoms with E-state index in [2.05, 4.69) is 217 Å². The van der Waals surface area contributed by atoms with E-state index in [0.717, 1.165) is 34.1 Å². The van der Waals surface area contributed by atoms with Gasteiger partial charge in [0, 0.05) is 48.2 Å². The Morgan fingerprint density at radius 1 is 0.362 bits per heavy atom. The predicted octanol–water partition coefficient (Wildman–Crippen LogP) is 15.3. The molecule has 0 fully saturated rings. The maximum Gasteiger partial charge on any atom is 0.132 e. The first-order chi connectivity index (χ1) is 28.8. The van der Waals surface area contributed by atoms with Crippen LogP contribution in [0.3, 0.4) is 0 Å². The van der Waals surface area contributed by atoms with Gasteiger partial charge in [0.05, 0.1) is 11.1 Å². The fraction of sp³-hybridized carbons (Fsp3) is 0.0182. The molecule has 9 aromatic carbocycles. The average Bonchev–Trinajstić information content (AvgIpc) is 3.80. The molecule has 0 unspecified atom stereocenters. The third-order valence-electron chi connectivity index (χ3n) is 12.1. The van der Waals surface area contributed by atoms with E-state index >= 15 is 0 Å². The molecule has 0 saturated heterocycles. The summed E-state index contributed by atoms with van der Waals surface area (Å²) in [5, 5.41) is 2.57. The minimum atomic E-state index is -0.486. The molecule has 0 amide bonds. The minimum absolute atomic E-state index is 0.486. The molecule has 1 spiro atoms. The Morgan fingerprint density at radius 2 is 0.966 bits per heavy atom. The van der Waals surface area contributed by atoms with Crippen molar-refractivity contribution in [3.8, 4) is 44.9 Å². The van der Waals surface area contributed by atoms with Crippen LogP contribution in [0.15, 0.2) is 212 Å². The van der Waals surface area contributed by atoms with Gasteiger partial charge in [-0.25, -0.2) is 0 Å². The van der Waals surface area contributed by atoms with Gasteiger partial charge in [0.15, 0.2) is 0 Å². The first-order valence-electron chi connectivity index (χ1n) is 19.8. The summed E-state index contributed by atoms with van der Waals surface area (Å²) in [5.74, 6) is 1.82. The summed E-state index contributed by atoms with van der Waals surface area (Å²) in [4.78, 5) is 2.44. The molecule has 1 aliphatic heterocycles. The molecule has 2 aliphatic rings. The van der Waals surface area contributed by atoms with Gasteiger partial charge in [-0.3, -0.25) is 0 Å². The zero-order valence-electron chi connectivity index (χ0n) is 31.5. The second-order valence-corrected chi connectivity index (χ2v) is 16.3. The lowest BCUT2D eigenvalue weighted by atomic mass is 9.66. The summed E-state index contributed by atoms with van der Waals surface area (Å²) >= 11 is 1.85. The summed E-state index contributed by atoms with van der Waals surface area (Å²) in [5.41, 5.74) is 15.0. The number of ether oxygens (including phenoxy) is 1. The topological polar surface area (TPSA) is 12.5 Å². The van der Waals surface area contributed by atoms with Gasteiger partial charge in [-0.2, -0.15) is 0 Å². The lowest BCUT2D eigenvalue weighted by Crippen LogP contribution is -2.32. The van der Waals surface area contributed by atoms with Crippen LogP contribution < -0.4 is 9.64 Å². The quantitative estimate of drug-likeness (QED) is 0.173. The lowest BCUT2D eigenvalue weighted by Gasteiger charge is -2.39. The first kappa shape index (κ1) is 33.0. The van der Waals surface area contributed by atoms with Crippen molar-refractivity contribution in [1.82, 2.24) is 0 Å². The molecule has 1 aliphatic carbocycles. The molecule has 0 saturated carbocycles. The van der Waals surface area contributed by atoms with Crippen molar-refractivity contribution in [1.29, 1.82) is 0 Å². The van der Waals surface area contributed by atoms with E-state index < -0.39 is 5.41 Å². The second kappa shape index (κ2) is 12.9. The van der Waals surface area contributed by atoms with Crippen LogP contribution in [0, 0.1) is 0 Å². The fourth-order valence-electron chi connectivity index (χ4n) is 9.67. The van der Waals surface area contributed by atoms with Crippen LogP contribution in [0.4, 0.5) is 17.1 Å². The largest absolute Gasteiger partial charge is 0.457 e. The highest BCUT2D eigenvalue weighted by Gasteiger charge is 2.50. The van der Waals surface area contributed by atoms with Gasteiger partial charge in [0.25, 0.3) is 0 Å². The Labute approximate surface area is 341 Å². The molecule has 0 bridgehead atoms. The van der Waals surface area contributed by atoms with E-state index in [-0.39, 0.29) is 0 Å². The molecular weight excluding hydrogens is 723 g/mol. The van der Waals surface area contributed by atoms with Crippen molar-refractivity contribution in [2.45, 2.75) is 5.41 Å². The molecule has 58 heavy (non-hydrogen) atoms. The summed E-state index contributed by atoms with van der Waals surface area (Å²) in [6.45, 7) is 0. The summed E-state index contributed by atoms with van der Waals surface area (Å²) < 4.78 is 9.17. The van der Waals surface area contributed by atoms with Crippen LogP contribution >= 0.6 is 11.3 Å². The Kier molecular flexibility index (Phi) is 7.35. The molecule has 0 radical (unpaired) electrons. The van der Waals surface area contributed by atoms with Crippen LogP contribution in [-0.4, -0.2) is 0 Å². The van der Waals surface area contributed by atoms with Gasteiger partial charge in [-0.05, 0) is 99.6 Å². The van der Waals surface area contributed by atoms with Crippen molar-refractivity contribution in [2.24, 2.45) is 0 Å². The molecule has 0 atom stereocenters. The Balaban J connectivity index is 1.05. The number of anilines is 3. The summed E-state index contributed by atoms with van der Waals surface area (Å²) in [6.07, 6.45) is 0. The standard InChI is InChI=1S/C55H35NOS/c1-2-15-36(16-3-1)41-19-5-10-25-50(41)56(40-30-32-54-45(35-40)43-21-6-13-28-53(43)58-54)39-18-14-17-37(33-39)38-29-31-47-44(34-38)42-20-4-7-22-46(42)55(47)48-23-8-11-26-51(48)57-52-27-12-9-24-49(52)55/h1-35H. The van der Waals surface area contributed by atoms with Crippen LogP contribution in [0.2, 0.25) is 0 Å². The summed E-state index contributed by atoms with van der Waals surface area (Å²) in [6, 6.07) is 77.4. The minimum Gasteiger partial charge on any atom is -0.457 e. The highest BCUT2D eigenvalue weighted by Crippen LogP contribution is 2.62. The molecule has 272 valence electrons. The first-order valence-corrected chi connectivity index (χ1v) is 20.6. The van der Waals surface area contributed by atoms with Crippen molar-refractivity contribution in [2.75, 3.05) is 4.90 Å². The van der Waals surface area contributed by atoms with Crippen molar-refractivity contribution < 1.29 is 4.74 Å². The highest BCUT2D eigenvalue weighted by molar-refractivity contribution is 7.25. The SMILES string of the molecule is c1ccc(-c2ccccc2N(c2cccc(-c3ccc4c(c3)-c3ccccc3C43c4ccccc4Oc4ccccc43)c2)c2ccc3sc4ccccc4c3c2)cc1. The maximum absolute atomic E-state index is 6.57. The Morgan fingerprint density at radius 3 is 1.79 bits per heavy atom. The molecule has 0 N–H and O–H groups in total. The highest BCUT2D eigenvalue weighted by atomic mass is 32.1. The van der Waals surface area contributed by atoms with Gasteiger partial charge in [0.1, 0.15) is 11.5 Å². The number of benzene rings is 9. The van der Waals surface area contributed by atoms with E-state index in [1.54, 1.807) is 0 Å². The number of rotatable bonds is 5. The van der Waals surface area contributed by atoms with Crippen molar-refractivity contribution in [3.05, 3.63) is 235 Å². The number of fused-ring (bicyclic) bond motifs is 12. The third kappa shape index (κ3) is 4.84. The number of thiophene rings is 1. The van der Waals surface area contributed by atoms with E-state index in [4.69, 9.17) is 4.74 Å². The average molecular weight is 758 g/mol. The molecule has 10 aromatic rings. The maximum atomic E-state index is 6.57. The van der Waals surface area contributed by atoms with E-state index in [1.165, 1.54) is 70.2 Å². The van der Waals surface area contributed by atoms with E-state index in [1.807, 2.05) is 11.3 Å². The Hall–Kier alpha value is -7.20. The van der Waals surface area contributed by atoms with Crippen molar-refractivity contribution >= 4 is 48.6 Å². The van der Waals surface area contributed by atoms with Gasteiger partial charge < -0.3 is 9.64 Å². The third-order valence-corrected chi connectivity index (χ3v) is 13.3. The number of nitrogens with zero attached hydrogens (tertiary/aromatic N) is 1. The van der Waals surface area contributed by atoms with Gasteiger partial charge in [0.2, 0.25) is 0 Å². The normalized spacial score (nSPS) is 13.1. The zero-order valence-corrected chi connectivity index (χ0v) is 32.3. The number of para-hydroxylation sites is 3. The zero-order chi connectivity index (χ0) is 38.2. The molecule has 2 heterocycles. The monoisotopic (exact) mass is 757 g/mol. The Bertz CT molecular complexity index is 3190.